The quantitative estimate of drug-likeness (QED) is 0.759. The van der Waals surface area contributed by atoms with Gasteiger partial charge in [-0.1, -0.05) is 41.9 Å². The van der Waals surface area contributed by atoms with Crippen LogP contribution in [0.5, 0.6) is 5.75 Å². The first-order valence-corrected chi connectivity index (χ1v) is 8.73. The Labute approximate surface area is 149 Å². The molecule has 2 aromatic rings. The van der Waals surface area contributed by atoms with Crippen molar-refractivity contribution < 1.29 is 9.53 Å². The molecule has 1 amide bonds. The van der Waals surface area contributed by atoms with Gasteiger partial charge in [0.05, 0.1) is 22.2 Å². The summed E-state index contributed by atoms with van der Waals surface area (Å²) in [5, 5.41) is 3.54. The molecule has 0 spiro atoms. The minimum atomic E-state index is -0.431. The Bertz CT molecular complexity index is 729. The van der Waals surface area contributed by atoms with Crippen molar-refractivity contribution in [3.05, 3.63) is 57.5 Å². The van der Waals surface area contributed by atoms with E-state index in [1.54, 1.807) is 12.1 Å². The molecule has 3 nitrogen and oxygen atoms in total. The highest BCUT2D eigenvalue weighted by Gasteiger charge is 2.51. The van der Waals surface area contributed by atoms with Gasteiger partial charge in [-0.15, -0.1) is 0 Å². The summed E-state index contributed by atoms with van der Waals surface area (Å²) in [7, 11) is 0. The Balaban J connectivity index is 1.89. The maximum absolute atomic E-state index is 12.9. The molecule has 1 fully saturated rings. The summed E-state index contributed by atoms with van der Waals surface area (Å²) in [6.45, 7) is 2.41. The standard InChI is InChI=1S/C18H17BrClNO2/c1-2-23-16-14(19)10-13(20)11-15(16)21-17(22)18(8-9-18)12-6-4-3-5-7-12/h3-7,10-11H,2,8-9H2,1H3,(H,21,22). The summed E-state index contributed by atoms with van der Waals surface area (Å²) >= 11 is 9.55. The number of amides is 1. The fourth-order valence-electron chi connectivity index (χ4n) is 2.72. The van der Waals surface area contributed by atoms with E-state index in [1.165, 1.54) is 0 Å². The molecule has 1 aliphatic carbocycles. The predicted octanol–water partition coefficient (Wildman–Crippen LogP) is 5.17. The van der Waals surface area contributed by atoms with Gasteiger partial charge in [0.25, 0.3) is 0 Å². The Morgan fingerprint density at radius 2 is 2.00 bits per heavy atom. The third kappa shape index (κ3) is 3.24. The second kappa shape index (κ2) is 6.54. The Kier molecular flexibility index (Phi) is 4.64. The van der Waals surface area contributed by atoms with Crippen LogP contribution in [0.1, 0.15) is 25.3 Å². The highest BCUT2D eigenvalue weighted by Crippen LogP contribution is 2.49. The van der Waals surface area contributed by atoms with Gasteiger partial charge in [-0.2, -0.15) is 0 Å². The SMILES string of the molecule is CCOc1c(Br)cc(Cl)cc1NC(=O)C1(c2ccccc2)CC1. The van der Waals surface area contributed by atoms with Gasteiger partial charge in [0.2, 0.25) is 5.91 Å². The zero-order chi connectivity index (χ0) is 16.4. The molecule has 1 saturated carbocycles. The first-order valence-electron chi connectivity index (χ1n) is 7.55. The summed E-state index contributed by atoms with van der Waals surface area (Å²) in [5.74, 6) is 0.591. The maximum Gasteiger partial charge on any atom is 0.235 e. The summed E-state index contributed by atoms with van der Waals surface area (Å²) in [5.41, 5.74) is 1.22. The Morgan fingerprint density at radius 1 is 1.30 bits per heavy atom. The normalized spacial score (nSPS) is 15.1. The Morgan fingerprint density at radius 3 is 2.61 bits per heavy atom. The van der Waals surface area contributed by atoms with E-state index in [2.05, 4.69) is 21.2 Å². The lowest BCUT2D eigenvalue weighted by Gasteiger charge is -2.18. The van der Waals surface area contributed by atoms with E-state index < -0.39 is 5.41 Å². The van der Waals surface area contributed by atoms with Crippen molar-refractivity contribution in [2.45, 2.75) is 25.2 Å². The molecule has 0 unspecified atom stereocenters. The van der Waals surface area contributed by atoms with E-state index in [0.717, 1.165) is 22.9 Å². The van der Waals surface area contributed by atoms with Crippen LogP contribution in [-0.2, 0) is 10.2 Å². The van der Waals surface area contributed by atoms with E-state index >= 15 is 0 Å². The smallest absolute Gasteiger partial charge is 0.235 e. The number of ether oxygens (including phenoxy) is 1. The van der Waals surface area contributed by atoms with Gasteiger partial charge in [0.1, 0.15) is 0 Å². The van der Waals surface area contributed by atoms with Gasteiger partial charge in [-0.3, -0.25) is 4.79 Å². The van der Waals surface area contributed by atoms with Crippen LogP contribution >= 0.6 is 27.5 Å². The van der Waals surface area contributed by atoms with E-state index in [0.29, 0.717) is 23.1 Å². The molecule has 3 rings (SSSR count). The van der Waals surface area contributed by atoms with Gasteiger partial charge < -0.3 is 10.1 Å². The maximum atomic E-state index is 12.9. The summed E-state index contributed by atoms with van der Waals surface area (Å²) in [6.07, 6.45) is 1.71. The second-order valence-electron chi connectivity index (χ2n) is 5.60. The number of anilines is 1. The lowest BCUT2D eigenvalue weighted by molar-refractivity contribution is -0.118. The number of halogens is 2. The molecule has 120 valence electrons. The van der Waals surface area contributed by atoms with E-state index in [-0.39, 0.29) is 5.91 Å². The van der Waals surface area contributed by atoms with Gasteiger partial charge in [0, 0.05) is 5.02 Å². The summed E-state index contributed by atoms with van der Waals surface area (Å²) in [6, 6.07) is 13.4. The average Bonchev–Trinajstić information content (AvgIpc) is 3.33. The van der Waals surface area contributed by atoms with Crippen LogP contribution in [0.3, 0.4) is 0 Å². The highest BCUT2D eigenvalue weighted by molar-refractivity contribution is 9.10. The van der Waals surface area contributed by atoms with Gasteiger partial charge in [0.15, 0.2) is 5.75 Å². The zero-order valence-electron chi connectivity index (χ0n) is 12.7. The summed E-state index contributed by atoms with van der Waals surface area (Å²) < 4.78 is 6.37. The number of benzene rings is 2. The van der Waals surface area contributed by atoms with Crippen LogP contribution < -0.4 is 10.1 Å². The lowest BCUT2D eigenvalue weighted by atomic mass is 9.95. The number of nitrogens with one attached hydrogen (secondary N) is 1. The van der Waals surface area contributed by atoms with Crippen molar-refractivity contribution in [1.29, 1.82) is 0 Å². The van der Waals surface area contributed by atoms with Crippen molar-refractivity contribution in [2.75, 3.05) is 11.9 Å². The van der Waals surface area contributed by atoms with Gasteiger partial charge >= 0.3 is 0 Å². The number of carbonyl (C=O) groups is 1. The molecule has 0 radical (unpaired) electrons. The molecule has 0 saturated heterocycles. The molecule has 1 N–H and O–H groups in total. The van der Waals surface area contributed by atoms with E-state index in [9.17, 15) is 4.79 Å². The molecule has 2 aromatic carbocycles. The minimum absolute atomic E-state index is 0.0150. The van der Waals surface area contributed by atoms with Crippen molar-refractivity contribution in [1.82, 2.24) is 0 Å². The number of rotatable bonds is 5. The van der Waals surface area contributed by atoms with Gasteiger partial charge in [-0.05, 0) is 53.4 Å². The number of hydrogen-bond donors (Lipinski definition) is 1. The lowest BCUT2D eigenvalue weighted by Crippen LogP contribution is -2.28. The van der Waals surface area contributed by atoms with Crippen molar-refractivity contribution in [3.8, 4) is 5.75 Å². The number of carbonyl (C=O) groups excluding carboxylic acids is 1. The molecule has 0 heterocycles. The van der Waals surface area contributed by atoms with Crippen LogP contribution in [0.4, 0.5) is 5.69 Å². The molecule has 0 bridgehead atoms. The van der Waals surface area contributed by atoms with Gasteiger partial charge in [-0.25, -0.2) is 0 Å². The van der Waals surface area contributed by atoms with Crippen LogP contribution in [-0.4, -0.2) is 12.5 Å². The molecule has 0 atom stereocenters. The third-order valence-electron chi connectivity index (χ3n) is 4.06. The molecule has 0 aromatic heterocycles. The topological polar surface area (TPSA) is 38.3 Å². The largest absolute Gasteiger partial charge is 0.491 e. The Hall–Kier alpha value is -1.52. The molecule has 23 heavy (non-hydrogen) atoms. The molecule has 5 heteroatoms. The average molecular weight is 395 g/mol. The molecule has 1 aliphatic rings. The number of hydrogen-bond acceptors (Lipinski definition) is 2. The fourth-order valence-corrected chi connectivity index (χ4v) is 3.64. The van der Waals surface area contributed by atoms with Crippen LogP contribution in [0.25, 0.3) is 0 Å². The molecular weight excluding hydrogens is 378 g/mol. The first-order chi connectivity index (χ1) is 11.1. The van der Waals surface area contributed by atoms with Crippen LogP contribution in [0.15, 0.2) is 46.9 Å². The van der Waals surface area contributed by atoms with Crippen LogP contribution in [0.2, 0.25) is 5.02 Å². The first kappa shape index (κ1) is 16.3. The fraction of sp³-hybridized carbons (Fsp3) is 0.278. The minimum Gasteiger partial charge on any atom is -0.491 e. The predicted molar refractivity (Wildman–Crippen MR) is 96.3 cm³/mol. The van der Waals surface area contributed by atoms with E-state index in [4.69, 9.17) is 16.3 Å². The van der Waals surface area contributed by atoms with Crippen LogP contribution in [0, 0.1) is 0 Å². The molecule has 0 aliphatic heterocycles. The van der Waals surface area contributed by atoms with Crippen molar-refractivity contribution in [2.24, 2.45) is 0 Å². The van der Waals surface area contributed by atoms with E-state index in [1.807, 2.05) is 37.3 Å². The highest BCUT2D eigenvalue weighted by atomic mass is 79.9. The van der Waals surface area contributed by atoms with Crippen molar-refractivity contribution in [3.63, 3.8) is 0 Å². The molecular formula is C18H17BrClNO2. The monoisotopic (exact) mass is 393 g/mol. The third-order valence-corrected chi connectivity index (χ3v) is 4.86. The zero-order valence-corrected chi connectivity index (χ0v) is 15.1. The summed E-state index contributed by atoms with van der Waals surface area (Å²) in [4.78, 5) is 12.9. The van der Waals surface area contributed by atoms with Crippen molar-refractivity contribution >= 4 is 39.1 Å². The second-order valence-corrected chi connectivity index (χ2v) is 6.89.